The Hall–Kier alpha value is -3.72. The molecule has 0 aliphatic rings. The lowest BCUT2D eigenvalue weighted by molar-refractivity contribution is -0.115. The molecule has 2 N–H and O–H groups in total. The van der Waals surface area contributed by atoms with Crippen molar-refractivity contribution in [2.75, 3.05) is 12.4 Å². The van der Waals surface area contributed by atoms with Gasteiger partial charge in [0.05, 0.1) is 24.9 Å². The molecule has 152 valence electrons. The summed E-state index contributed by atoms with van der Waals surface area (Å²) >= 11 is 5.99. The summed E-state index contributed by atoms with van der Waals surface area (Å²) in [5.74, 6) is -0.118. The number of nitrogens with one attached hydrogen (secondary N) is 2. The van der Waals surface area contributed by atoms with E-state index in [2.05, 4.69) is 20.6 Å². The minimum Gasteiger partial charge on any atom is -0.495 e. The van der Waals surface area contributed by atoms with E-state index >= 15 is 0 Å². The zero-order valence-electron chi connectivity index (χ0n) is 15.6. The number of anilines is 1. The molecule has 4 aromatic rings. The number of rotatable bonds is 5. The number of ether oxygens (including phenoxy) is 1. The number of hydrogen-bond donors (Lipinski definition) is 2. The van der Waals surface area contributed by atoms with Gasteiger partial charge in [0.15, 0.2) is 5.82 Å². The molecule has 0 radical (unpaired) electrons. The number of halogens is 2. The van der Waals surface area contributed by atoms with Gasteiger partial charge in [-0.3, -0.25) is 9.59 Å². The zero-order chi connectivity index (χ0) is 21.3. The Morgan fingerprint density at radius 3 is 2.73 bits per heavy atom. The van der Waals surface area contributed by atoms with Crippen molar-refractivity contribution in [3.8, 4) is 17.0 Å². The van der Waals surface area contributed by atoms with Gasteiger partial charge in [0.25, 0.3) is 5.56 Å². The van der Waals surface area contributed by atoms with Gasteiger partial charge in [0, 0.05) is 10.6 Å². The number of benzene rings is 2. The molecule has 0 aliphatic carbocycles. The fourth-order valence-electron chi connectivity index (χ4n) is 2.95. The van der Waals surface area contributed by atoms with Crippen LogP contribution in [0.1, 0.15) is 5.82 Å². The van der Waals surface area contributed by atoms with Gasteiger partial charge >= 0.3 is 0 Å². The molecule has 0 spiro atoms. The summed E-state index contributed by atoms with van der Waals surface area (Å²) in [4.78, 5) is 24.7. The minimum absolute atomic E-state index is 0.173. The number of carbonyl (C=O) groups excluding carboxylic acids is 1. The molecule has 0 bridgehead atoms. The number of aromatic nitrogens is 4. The topological polar surface area (TPSA) is 101 Å². The number of methoxy groups -OCH3 is 1. The van der Waals surface area contributed by atoms with E-state index in [1.54, 1.807) is 36.4 Å². The highest BCUT2D eigenvalue weighted by Crippen LogP contribution is 2.27. The van der Waals surface area contributed by atoms with Crippen LogP contribution in [0.3, 0.4) is 0 Å². The third-order valence-corrected chi connectivity index (χ3v) is 4.60. The molecular weight excluding hydrogens is 413 g/mol. The first kappa shape index (κ1) is 19.6. The van der Waals surface area contributed by atoms with E-state index < -0.39 is 11.5 Å². The third kappa shape index (κ3) is 3.87. The fraction of sp³-hybridized carbons (Fsp3) is 0.100. The molecule has 8 nitrogen and oxygen atoms in total. The van der Waals surface area contributed by atoms with E-state index in [0.29, 0.717) is 27.7 Å². The lowest BCUT2D eigenvalue weighted by Crippen LogP contribution is -2.22. The van der Waals surface area contributed by atoms with Crippen LogP contribution in [0.5, 0.6) is 5.75 Å². The molecule has 10 heteroatoms. The lowest BCUT2D eigenvalue weighted by atomic mass is 10.1. The molecule has 2 aromatic carbocycles. The monoisotopic (exact) mass is 427 g/mol. The predicted octanol–water partition coefficient (Wildman–Crippen LogP) is 3.07. The van der Waals surface area contributed by atoms with Gasteiger partial charge in [-0.25, -0.2) is 14.0 Å². The molecule has 1 amide bonds. The third-order valence-electron chi connectivity index (χ3n) is 4.37. The standard InChI is InChI=1S/C20H15ClFN5O3/c1-30-17-7-4-12(21)8-15(17)23-19(28)10-18-24-25-20(29)16-9-14(26-27(16)18)11-2-5-13(22)6-3-11/h2-9H,10H2,1H3,(H,23,28)(H,25,29). The summed E-state index contributed by atoms with van der Waals surface area (Å²) in [6, 6.07) is 12.1. The summed E-state index contributed by atoms with van der Waals surface area (Å²) in [5.41, 5.74) is 1.23. The van der Waals surface area contributed by atoms with Crippen LogP contribution >= 0.6 is 11.6 Å². The highest BCUT2D eigenvalue weighted by atomic mass is 35.5. The van der Waals surface area contributed by atoms with Gasteiger partial charge in [-0.2, -0.15) is 10.2 Å². The van der Waals surface area contributed by atoms with Gasteiger partial charge in [-0.15, -0.1) is 0 Å². The van der Waals surface area contributed by atoms with Crippen molar-refractivity contribution in [2.45, 2.75) is 6.42 Å². The van der Waals surface area contributed by atoms with Crippen LogP contribution in [-0.4, -0.2) is 32.8 Å². The number of H-pyrrole nitrogens is 1. The Morgan fingerprint density at radius 1 is 1.23 bits per heavy atom. The average molecular weight is 428 g/mol. The Kier molecular flexibility index (Phi) is 5.20. The number of aromatic amines is 1. The highest BCUT2D eigenvalue weighted by molar-refractivity contribution is 6.31. The van der Waals surface area contributed by atoms with Gasteiger partial charge in [-0.1, -0.05) is 11.6 Å². The van der Waals surface area contributed by atoms with Crippen LogP contribution in [0.25, 0.3) is 16.8 Å². The predicted molar refractivity (Wildman–Crippen MR) is 109 cm³/mol. The van der Waals surface area contributed by atoms with Crippen LogP contribution in [0, 0.1) is 5.82 Å². The van der Waals surface area contributed by atoms with Crippen molar-refractivity contribution in [1.82, 2.24) is 19.8 Å². The van der Waals surface area contributed by atoms with Crippen LogP contribution in [0.4, 0.5) is 10.1 Å². The smallest absolute Gasteiger partial charge is 0.290 e. The van der Waals surface area contributed by atoms with Crippen molar-refractivity contribution in [2.24, 2.45) is 0 Å². The molecule has 30 heavy (non-hydrogen) atoms. The van der Waals surface area contributed by atoms with Gasteiger partial charge in [0.2, 0.25) is 5.91 Å². The molecule has 0 unspecified atom stereocenters. The number of amides is 1. The molecule has 0 fully saturated rings. The van der Waals surface area contributed by atoms with Crippen LogP contribution < -0.4 is 15.6 Å². The molecule has 0 aliphatic heterocycles. The average Bonchev–Trinajstić information content (AvgIpc) is 3.17. The number of fused-ring (bicyclic) bond motifs is 1. The van der Waals surface area contributed by atoms with Crippen molar-refractivity contribution >= 4 is 28.7 Å². The molecule has 4 rings (SSSR count). The van der Waals surface area contributed by atoms with Crippen LogP contribution in [0.15, 0.2) is 53.3 Å². The summed E-state index contributed by atoms with van der Waals surface area (Å²) in [5, 5.41) is 13.8. The fourth-order valence-corrected chi connectivity index (χ4v) is 3.12. The zero-order valence-corrected chi connectivity index (χ0v) is 16.4. The summed E-state index contributed by atoms with van der Waals surface area (Å²) < 4.78 is 19.7. The molecule has 0 saturated carbocycles. The van der Waals surface area contributed by atoms with E-state index in [1.165, 1.54) is 23.8 Å². The van der Waals surface area contributed by atoms with E-state index in [-0.39, 0.29) is 23.6 Å². The Morgan fingerprint density at radius 2 is 2.00 bits per heavy atom. The van der Waals surface area contributed by atoms with E-state index in [1.807, 2.05) is 0 Å². The normalized spacial score (nSPS) is 10.9. The van der Waals surface area contributed by atoms with Crippen molar-refractivity contribution in [3.05, 3.63) is 75.5 Å². The Bertz CT molecular complexity index is 1300. The van der Waals surface area contributed by atoms with Crippen molar-refractivity contribution in [3.63, 3.8) is 0 Å². The van der Waals surface area contributed by atoms with Gasteiger partial charge in [-0.05, 0) is 48.5 Å². The highest BCUT2D eigenvalue weighted by Gasteiger charge is 2.16. The van der Waals surface area contributed by atoms with Crippen molar-refractivity contribution < 1.29 is 13.9 Å². The van der Waals surface area contributed by atoms with Gasteiger partial charge < -0.3 is 10.1 Å². The first-order chi connectivity index (χ1) is 14.4. The molecule has 2 aromatic heterocycles. The molecule has 2 heterocycles. The Labute approximate surface area is 174 Å². The number of hydrogen-bond acceptors (Lipinski definition) is 5. The first-order valence-electron chi connectivity index (χ1n) is 8.81. The second kappa shape index (κ2) is 7.96. The second-order valence-electron chi connectivity index (χ2n) is 6.37. The number of carbonyl (C=O) groups is 1. The Balaban J connectivity index is 1.65. The van der Waals surface area contributed by atoms with Gasteiger partial charge in [0.1, 0.15) is 17.1 Å². The molecular formula is C20H15ClFN5O3. The lowest BCUT2D eigenvalue weighted by Gasteiger charge is -2.10. The maximum atomic E-state index is 13.2. The summed E-state index contributed by atoms with van der Waals surface area (Å²) in [7, 11) is 1.48. The maximum Gasteiger partial charge on any atom is 0.290 e. The molecule has 0 atom stereocenters. The number of nitrogens with zero attached hydrogens (tertiary/aromatic N) is 3. The summed E-state index contributed by atoms with van der Waals surface area (Å²) in [6.07, 6.45) is -0.173. The van der Waals surface area contributed by atoms with E-state index in [4.69, 9.17) is 16.3 Å². The quantitative estimate of drug-likeness (QED) is 0.509. The van der Waals surface area contributed by atoms with E-state index in [0.717, 1.165) is 0 Å². The second-order valence-corrected chi connectivity index (χ2v) is 6.81. The minimum atomic E-state index is -0.462. The first-order valence-corrected chi connectivity index (χ1v) is 9.19. The van der Waals surface area contributed by atoms with E-state index in [9.17, 15) is 14.0 Å². The molecule has 0 saturated heterocycles. The van der Waals surface area contributed by atoms with Crippen LogP contribution in [-0.2, 0) is 11.2 Å². The summed E-state index contributed by atoms with van der Waals surface area (Å²) in [6.45, 7) is 0. The SMILES string of the molecule is COc1ccc(Cl)cc1NC(=O)Cc1n[nH]c(=O)c2cc(-c3ccc(F)cc3)nn12. The largest absolute Gasteiger partial charge is 0.495 e. The maximum absolute atomic E-state index is 13.2. The van der Waals surface area contributed by atoms with Crippen molar-refractivity contribution in [1.29, 1.82) is 0 Å². The van der Waals surface area contributed by atoms with Crippen LogP contribution in [0.2, 0.25) is 5.02 Å².